The smallest absolute Gasteiger partial charge is 0.261 e. The van der Waals surface area contributed by atoms with Crippen LogP contribution in [-0.4, -0.2) is 20.9 Å². The van der Waals surface area contributed by atoms with E-state index in [2.05, 4.69) is 20.3 Å². The predicted octanol–water partition coefficient (Wildman–Crippen LogP) is 2.02. The highest BCUT2D eigenvalue weighted by Gasteiger charge is 2.17. The van der Waals surface area contributed by atoms with Gasteiger partial charge in [0, 0.05) is 17.6 Å². The summed E-state index contributed by atoms with van der Waals surface area (Å²) in [5.41, 5.74) is 0.864. The van der Waals surface area contributed by atoms with Gasteiger partial charge in [-0.25, -0.2) is 19.3 Å². The molecule has 0 aliphatic rings. The van der Waals surface area contributed by atoms with E-state index in [-0.39, 0.29) is 5.95 Å². The second-order valence-corrected chi connectivity index (χ2v) is 3.89. The van der Waals surface area contributed by atoms with Crippen LogP contribution in [0.1, 0.15) is 21.7 Å². The van der Waals surface area contributed by atoms with E-state index in [0.29, 0.717) is 11.4 Å². The normalized spacial score (nSPS) is 10.3. The monoisotopic (exact) mass is 264 g/mol. The summed E-state index contributed by atoms with van der Waals surface area (Å²) in [6.45, 7) is 3.47. The number of pyridine rings is 1. The molecule has 0 aliphatic heterocycles. The molecule has 2 aromatic heterocycles. The maximum absolute atomic E-state index is 13.4. The van der Waals surface area contributed by atoms with Crippen molar-refractivity contribution in [2.24, 2.45) is 0 Å². The van der Waals surface area contributed by atoms with Crippen molar-refractivity contribution in [1.29, 1.82) is 0 Å². The molecule has 2 rings (SSSR count). The first kappa shape index (κ1) is 13.0. The van der Waals surface area contributed by atoms with Gasteiger partial charge in [0.25, 0.3) is 5.91 Å². The molecule has 2 heterocycles. The van der Waals surface area contributed by atoms with E-state index in [4.69, 9.17) is 0 Å². The second kappa shape index (κ2) is 5.05. The lowest BCUT2D eigenvalue weighted by Gasteiger charge is -2.06. The van der Waals surface area contributed by atoms with Gasteiger partial charge < -0.3 is 0 Å². The van der Waals surface area contributed by atoms with Gasteiger partial charge in [0.2, 0.25) is 11.9 Å². The molecule has 0 atom stereocenters. The maximum Gasteiger partial charge on any atom is 0.261 e. The highest BCUT2D eigenvalue weighted by molar-refractivity contribution is 6.03. The number of carbonyl (C=O) groups is 1. The Kier molecular flexibility index (Phi) is 3.46. The molecule has 19 heavy (non-hydrogen) atoms. The van der Waals surface area contributed by atoms with Crippen LogP contribution in [0.3, 0.4) is 0 Å². The van der Waals surface area contributed by atoms with Crippen molar-refractivity contribution in [1.82, 2.24) is 15.0 Å². The first-order valence-corrected chi connectivity index (χ1v) is 5.41. The SMILES string of the molecule is Cc1cc(C)nc(NC(=O)c2ccnc(F)c2F)n1. The molecule has 5 nitrogen and oxygen atoms in total. The van der Waals surface area contributed by atoms with Crippen molar-refractivity contribution in [3.63, 3.8) is 0 Å². The third-order valence-corrected chi connectivity index (χ3v) is 2.30. The fourth-order valence-corrected chi connectivity index (χ4v) is 1.54. The summed E-state index contributed by atoms with van der Waals surface area (Å²) >= 11 is 0. The van der Waals surface area contributed by atoms with E-state index in [1.165, 1.54) is 0 Å². The van der Waals surface area contributed by atoms with Crippen molar-refractivity contribution in [3.8, 4) is 0 Å². The van der Waals surface area contributed by atoms with Gasteiger partial charge in [0.1, 0.15) is 0 Å². The lowest BCUT2D eigenvalue weighted by atomic mass is 10.2. The molecule has 0 bridgehead atoms. The van der Waals surface area contributed by atoms with E-state index in [1.54, 1.807) is 19.9 Å². The second-order valence-electron chi connectivity index (χ2n) is 3.89. The molecule has 0 radical (unpaired) electrons. The molecule has 0 spiro atoms. The van der Waals surface area contributed by atoms with Gasteiger partial charge in [-0.15, -0.1) is 0 Å². The van der Waals surface area contributed by atoms with Crippen LogP contribution in [0.25, 0.3) is 0 Å². The Morgan fingerprint density at radius 2 is 1.84 bits per heavy atom. The van der Waals surface area contributed by atoms with Gasteiger partial charge in [0.05, 0.1) is 5.56 Å². The molecule has 0 unspecified atom stereocenters. The molecule has 0 fully saturated rings. The van der Waals surface area contributed by atoms with Crippen molar-refractivity contribution >= 4 is 11.9 Å². The number of aryl methyl sites for hydroxylation is 2. The first-order chi connectivity index (χ1) is 8.97. The van der Waals surface area contributed by atoms with Crippen LogP contribution < -0.4 is 5.32 Å². The van der Waals surface area contributed by atoms with Crippen LogP contribution >= 0.6 is 0 Å². The fraction of sp³-hybridized carbons (Fsp3) is 0.167. The maximum atomic E-state index is 13.4. The van der Waals surface area contributed by atoms with E-state index in [9.17, 15) is 13.6 Å². The zero-order chi connectivity index (χ0) is 14.0. The highest BCUT2D eigenvalue weighted by Crippen LogP contribution is 2.11. The number of amides is 1. The molecular weight excluding hydrogens is 254 g/mol. The van der Waals surface area contributed by atoms with E-state index in [0.717, 1.165) is 12.3 Å². The van der Waals surface area contributed by atoms with Crippen LogP contribution in [0.15, 0.2) is 18.3 Å². The number of carbonyl (C=O) groups excluding carboxylic acids is 1. The molecule has 7 heteroatoms. The molecule has 0 aromatic carbocycles. The number of anilines is 1. The minimum Gasteiger partial charge on any atom is -0.290 e. The lowest BCUT2D eigenvalue weighted by molar-refractivity contribution is 0.102. The summed E-state index contributed by atoms with van der Waals surface area (Å²) < 4.78 is 26.3. The average Bonchev–Trinajstić information content (AvgIpc) is 2.31. The van der Waals surface area contributed by atoms with Crippen molar-refractivity contribution < 1.29 is 13.6 Å². The lowest BCUT2D eigenvalue weighted by Crippen LogP contribution is -2.17. The van der Waals surface area contributed by atoms with E-state index in [1.807, 2.05) is 0 Å². The molecule has 0 saturated heterocycles. The molecule has 98 valence electrons. The number of halogens is 2. The minimum atomic E-state index is -1.33. The molecule has 0 aliphatic carbocycles. The van der Waals surface area contributed by atoms with Gasteiger partial charge in [-0.05, 0) is 26.0 Å². The zero-order valence-electron chi connectivity index (χ0n) is 10.2. The van der Waals surface area contributed by atoms with E-state index < -0.39 is 23.2 Å². The number of hydrogen-bond donors (Lipinski definition) is 1. The van der Waals surface area contributed by atoms with Crippen LogP contribution in [0.2, 0.25) is 0 Å². The first-order valence-electron chi connectivity index (χ1n) is 5.41. The number of aromatic nitrogens is 3. The summed E-state index contributed by atoms with van der Waals surface area (Å²) in [7, 11) is 0. The number of hydrogen-bond acceptors (Lipinski definition) is 4. The van der Waals surface area contributed by atoms with Crippen molar-refractivity contribution in [3.05, 3.63) is 47.0 Å². The summed E-state index contributed by atoms with van der Waals surface area (Å²) in [4.78, 5) is 22.8. The molecule has 1 N–H and O–H groups in total. The van der Waals surface area contributed by atoms with E-state index >= 15 is 0 Å². The quantitative estimate of drug-likeness (QED) is 0.842. The topological polar surface area (TPSA) is 67.8 Å². The van der Waals surface area contributed by atoms with Crippen LogP contribution in [0.5, 0.6) is 0 Å². The number of rotatable bonds is 2. The third-order valence-electron chi connectivity index (χ3n) is 2.30. The summed E-state index contributed by atoms with van der Waals surface area (Å²) in [5.74, 6) is -3.42. The number of nitrogens with one attached hydrogen (secondary N) is 1. The summed E-state index contributed by atoms with van der Waals surface area (Å²) in [5, 5.41) is 2.31. The Balaban J connectivity index is 2.28. The fourth-order valence-electron chi connectivity index (χ4n) is 1.54. The standard InChI is InChI=1S/C12H10F2N4O/c1-6-5-7(2)17-12(16-6)18-11(19)8-3-4-15-10(14)9(8)13/h3-5H,1-2H3,(H,16,17,18,19). The summed E-state index contributed by atoms with van der Waals surface area (Å²) in [6, 6.07) is 2.80. The largest absolute Gasteiger partial charge is 0.290 e. The molecule has 0 saturated carbocycles. The molecule has 2 aromatic rings. The zero-order valence-corrected chi connectivity index (χ0v) is 10.2. The van der Waals surface area contributed by atoms with Gasteiger partial charge in [-0.1, -0.05) is 0 Å². The Morgan fingerprint density at radius 3 is 2.47 bits per heavy atom. The number of nitrogens with zero attached hydrogens (tertiary/aromatic N) is 3. The predicted molar refractivity (Wildman–Crippen MR) is 63.6 cm³/mol. The highest BCUT2D eigenvalue weighted by atomic mass is 19.2. The Bertz CT molecular complexity index is 625. The summed E-state index contributed by atoms with van der Waals surface area (Å²) in [6.07, 6.45) is 1.01. The van der Waals surface area contributed by atoms with Gasteiger partial charge >= 0.3 is 0 Å². The van der Waals surface area contributed by atoms with Crippen molar-refractivity contribution in [2.75, 3.05) is 5.32 Å². The van der Waals surface area contributed by atoms with Crippen LogP contribution in [-0.2, 0) is 0 Å². The third kappa shape index (κ3) is 2.87. The minimum absolute atomic E-state index is 0.0409. The van der Waals surface area contributed by atoms with Gasteiger partial charge in [-0.3, -0.25) is 10.1 Å². The molecule has 1 amide bonds. The average molecular weight is 264 g/mol. The Morgan fingerprint density at radius 1 is 1.21 bits per heavy atom. The van der Waals surface area contributed by atoms with Crippen molar-refractivity contribution in [2.45, 2.75) is 13.8 Å². The molecular formula is C12H10F2N4O. The van der Waals surface area contributed by atoms with Crippen LogP contribution in [0.4, 0.5) is 14.7 Å². The van der Waals surface area contributed by atoms with Crippen LogP contribution in [0, 0.1) is 25.6 Å². The Labute approximate surface area is 107 Å². The van der Waals surface area contributed by atoms with Gasteiger partial charge in [0.15, 0.2) is 5.82 Å². The Hall–Kier alpha value is -2.44. The van der Waals surface area contributed by atoms with Gasteiger partial charge in [-0.2, -0.15) is 4.39 Å².